The van der Waals surface area contributed by atoms with E-state index in [1.165, 1.54) is 10.5 Å². The highest BCUT2D eigenvalue weighted by Gasteiger charge is 2.20. The van der Waals surface area contributed by atoms with Crippen molar-refractivity contribution < 1.29 is 5.11 Å². The lowest BCUT2D eigenvalue weighted by atomic mass is 10.2. The molecular formula is C11H15NOS. The molecule has 2 rings (SSSR count). The molecule has 1 heterocycles. The maximum absolute atomic E-state index is 9.37. The van der Waals surface area contributed by atoms with Gasteiger partial charge in [-0.25, -0.2) is 4.31 Å². The summed E-state index contributed by atoms with van der Waals surface area (Å²) < 4.78 is 2.22. The number of β-amino-alcohol motifs (C(OH)–C–C–N with tert-alkyl or cyclic N) is 1. The van der Waals surface area contributed by atoms with Crippen LogP contribution in [0, 0.1) is 6.92 Å². The van der Waals surface area contributed by atoms with E-state index in [1.54, 1.807) is 11.9 Å². The van der Waals surface area contributed by atoms with E-state index >= 15 is 0 Å². The van der Waals surface area contributed by atoms with E-state index in [0.717, 1.165) is 19.5 Å². The summed E-state index contributed by atoms with van der Waals surface area (Å²) in [6, 6.07) is 8.50. The molecule has 0 amide bonds. The Morgan fingerprint density at radius 1 is 1.36 bits per heavy atom. The number of benzene rings is 1. The third kappa shape index (κ3) is 2.50. The van der Waals surface area contributed by atoms with E-state index in [4.69, 9.17) is 0 Å². The third-order valence-electron chi connectivity index (χ3n) is 2.38. The van der Waals surface area contributed by atoms with Gasteiger partial charge in [-0.3, -0.25) is 0 Å². The summed E-state index contributed by atoms with van der Waals surface area (Å²) in [5, 5.41) is 9.37. The number of aryl methyl sites for hydroxylation is 1. The molecule has 76 valence electrons. The molecule has 0 saturated carbocycles. The van der Waals surface area contributed by atoms with Crippen LogP contribution in [0.3, 0.4) is 0 Å². The highest BCUT2D eigenvalue weighted by molar-refractivity contribution is 7.97. The number of hydrogen-bond acceptors (Lipinski definition) is 3. The fraction of sp³-hybridized carbons (Fsp3) is 0.455. The lowest BCUT2D eigenvalue weighted by Crippen LogP contribution is -2.13. The zero-order chi connectivity index (χ0) is 9.97. The number of nitrogens with zero attached hydrogens (tertiary/aromatic N) is 1. The van der Waals surface area contributed by atoms with Gasteiger partial charge in [0.2, 0.25) is 0 Å². The Labute approximate surface area is 89.1 Å². The molecule has 0 radical (unpaired) electrons. The van der Waals surface area contributed by atoms with Crippen LogP contribution in [0.2, 0.25) is 0 Å². The van der Waals surface area contributed by atoms with Gasteiger partial charge in [0.25, 0.3) is 0 Å². The Bertz CT molecular complexity index is 299. The molecule has 1 atom stereocenters. The van der Waals surface area contributed by atoms with Crippen LogP contribution in [-0.2, 0) is 0 Å². The van der Waals surface area contributed by atoms with Crippen LogP contribution in [0.1, 0.15) is 12.0 Å². The minimum atomic E-state index is -0.132. The lowest BCUT2D eigenvalue weighted by molar-refractivity contribution is 0.190. The zero-order valence-electron chi connectivity index (χ0n) is 8.31. The van der Waals surface area contributed by atoms with E-state index in [1.807, 2.05) is 0 Å². The zero-order valence-corrected chi connectivity index (χ0v) is 9.13. The molecule has 1 aromatic rings. The first kappa shape index (κ1) is 10.0. The Balaban J connectivity index is 1.94. The minimum absolute atomic E-state index is 0.132. The van der Waals surface area contributed by atoms with Crippen molar-refractivity contribution in [1.82, 2.24) is 4.31 Å². The first-order valence-electron chi connectivity index (χ1n) is 4.92. The molecule has 1 unspecified atom stereocenters. The second-order valence-electron chi connectivity index (χ2n) is 3.73. The Morgan fingerprint density at radius 2 is 2.07 bits per heavy atom. The van der Waals surface area contributed by atoms with Gasteiger partial charge in [0.15, 0.2) is 0 Å². The smallest absolute Gasteiger partial charge is 0.0689 e. The summed E-state index contributed by atoms with van der Waals surface area (Å²) in [4.78, 5) is 1.25. The van der Waals surface area contributed by atoms with Gasteiger partial charge in [-0.1, -0.05) is 17.7 Å². The highest BCUT2D eigenvalue weighted by atomic mass is 32.2. The second kappa shape index (κ2) is 4.34. The third-order valence-corrected chi connectivity index (χ3v) is 3.45. The van der Waals surface area contributed by atoms with Crippen LogP contribution in [-0.4, -0.2) is 28.6 Å². The summed E-state index contributed by atoms with van der Waals surface area (Å²) in [5.41, 5.74) is 1.29. The predicted octanol–water partition coefficient (Wildman–Crippen LogP) is 2.07. The summed E-state index contributed by atoms with van der Waals surface area (Å²) in [6.07, 6.45) is 0.770. The van der Waals surface area contributed by atoms with Crippen LogP contribution >= 0.6 is 11.9 Å². The van der Waals surface area contributed by atoms with E-state index in [9.17, 15) is 5.11 Å². The molecular weight excluding hydrogens is 194 g/mol. The van der Waals surface area contributed by atoms with Gasteiger partial charge in [-0.05, 0) is 37.4 Å². The maximum atomic E-state index is 9.37. The van der Waals surface area contributed by atoms with Gasteiger partial charge in [-0.2, -0.15) is 0 Å². The largest absolute Gasteiger partial charge is 0.392 e. The first-order chi connectivity index (χ1) is 6.74. The molecule has 1 fully saturated rings. The fourth-order valence-electron chi connectivity index (χ4n) is 1.54. The van der Waals surface area contributed by atoms with E-state index in [2.05, 4.69) is 35.5 Å². The summed E-state index contributed by atoms with van der Waals surface area (Å²) in [6.45, 7) is 3.87. The normalized spacial score (nSPS) is 22.9. The van der Waals surface area contributed by atoms with Gasteiger partial charge < -0.3 is 5.11 Å². The van der Waals surface area contributed by atoms with Crippen LogP contribution in [0.5, 0.6) is 0 Å². The van der Waals surface area contributed by atoms with Gasteiger partial charge >= 0.3 is 0 Å². The first-order valence-corrected chi connectivity index (χ1v) is 5.69. The molecule has 3 heteroatoms. The molecule has 1 aromatic carbocycles. The fourth-order valence-corrected chi connectivity index (χ4v) is 2.54. The quantitative estimate of drug-likeness (QED) is 0.754. The van der Waals surface area contributed by atoms with E-state index < -0.39 is 0 Å². The average molecular weight is 209 g/mol. The average Bonchev–Trinajstić information content (AvgIpc) is 2.56. The number of hydrogen-bond donors (Lipinski definition) is 1. The van der Waals surface area contributed by atoms with Crippen molar-refractivity contribution in [1.29, 1.82) is 0 Å². The molecule has 1 saturated heterocycles. The summed E-state index contributed by atoms with van der Waals surface area (Å²) in [5.74, 6) is 0. The molecule has 0 bridgehead atoms. The topological polar surface area (TPSA) is 23.5 Å². The predicted molar refractivity (Wildman–Crippen MR) is 59.2 cm³/mol. The van der Waals surface area contributed by atoms with E-state index in [0.29, 0.717) is 0 Å². The van der Waals surface area contributed by atoms with Crippen molar-refractivity contribution in [2.45, 2.75) is 24.3 Å². The molecule has 2 nitrogen and oxygen atoms in total. The number of rotatable bonds is 2. The van der Waals surface area contributed by atoms with Gasteiger partial charge in [0.1, 0.15) is 0 Å². The maximum Gasteiger partial charge on any atom is 0.0689 e. The van der Waals surface area contributed by atoms with E-state index in [-0.39, 0.29) is 6.10 Å². The van der Waals surface area contributed by atoms with Gasteiger partial charge in [0.05, 0.1) is 6.10 Å². The van der Waals surface area contributed by atoms with Crippen LogP contribution in [0.4, 0.5) is 0 Å². The summed E-state index contributed by atoms with van der Waals surface area (Å²) >= 11 is 1.74. The number of aliphatic hydroxyl groups is 1. The monoisotopic (exact) mass is 209 g/mol. The van der Waals surface area contributed by atoms with Crippen LogP contribution < -0.4 is 0 Å². The number of aliphatic hydroxyl groups excluding tert-OH is 1. The van der Waals surface area contributed by atoms with Crippen molar-refractivity contribution >= 4 is 11.9 Å². The highest BCUT2D eigenvalue weighted by Crippen LogP contribution is 2.26. The van der Waals surface area contributed by atoms with Crippen molar-refractivity contribution in [3.05, 3.63) is 29.8 Å². The van der Waals surface area contributed by atoms with Crippen LogP contribution in [0.25, 0.3) is 0 Å². The standard InChI is InChI=1S/C11H15NOS/c1-9-2-4-11(5-3-9)14-12-7-6-10(13)8-12/h2-5,10,13H,6-8H2,1H3. The molecule has 1 aliphatic rings. The van der Waals surface area contributed by atoms with Crippen molar-refractivity contribution in [3.63, 3.8) is 0 Å². The molecule has 1 aliphatic heterocycles. The van der Waals surface area contributed by atoms with Crippen molar-refractivity contribution in [2.24, 2.45) is 0 Å². The SMILES string of the molecule is Cc1ccc(SN2CCC(O)C2)cc1. The summed E-state index contributed by atoms with van der Waals surface area (Å²) in [7, 11) is 0. The molecule has 14 heavy (non-hydrogen) atoms. The molecule has 1 N–H and O–H groups in total. The minimum Gasteiger partial charge on any atom is -0.392 e. The second-order valence-corrected chi connectivity index (χ2v) is 4.91. The molecule has 0 aliphatic carbocycles. The Kier molecular flexibility index (Phi) is 3.11. The Morgan fingerprint density at radius 3 is 2.64 bits per heavy atom. The molecule has 0 spiro atoms. The van der Waals surface area contributed by atoms with Gasteiger partial charge in [-0.15, -0.1) is 0 Å². The van der Waals surface area contributed by atoms with Crippen molar-refractivity contribution in [2.75, 3.05) is 13.1 Å². The van der Waals surface area contributed by atoms with Gasteiger partial charge in [0, 0.05) is 18.0 Å². The van der Waals surface area contributed by atoms with Crippen molar-refractivity contribution in [3.8, 4) is 0 Å². The Hall–Kier alpha value is -0.510. The molecule has 0 aromatic heterocycles. The van der Waals surface area contributed by atoms with Crippen LogP contribution in [0.15, 0.2) is 29.2 Å². The lowest BCUT2D eigenvalue weighted by Gasteiger charge is -2.13.